The number of carbonyl (C=O) groups is 2. The van der Waals surface area contributed by atoms with Gasteiger partial charge in [0.2, 0.25) is 0 Å². The first-order valence-corrected chi connectivity index (χ1v) is 8.86. The Bertz CT molecular complexity index is 690. The third-order valence-electron chi connectivity index (χ3n) is 2.87. The van der Waals surface area contributed by atoms with E-state index in [4.69, 9.17) is 27.9 Å². The maximum atomic E-state index is 11.8. The van der Waals surface area contributed by atoms with Gasteiger partial charge in [0, 0.05) is 27.2 Å². The fourth-order valence-electron chi connectivity index (χ4n) is 1.81. The Morgan fingerprint density at radius 3 is 2.38 bits per heavy atom. The summed E-state index contributed by atoms with van der Waals surface area (Å²) < 4.78 is 4.94. The average molecular weight is 384 g/mol. The third kappa shape index (κ3) is 6.43. The third-order valence-corrected chi connectivity index (χ3v) is 4.32. The van der Waals surface area contributed by atoms with Crippen molar-refractivity contribution >= 4 is 46.8 Å². The average Bonchev–Trinajstić information content (AvgIpc) is 2.56. The molecule has 0 heterocycles. The fraction of sp³-hybridized carbons (Fsp3) is 0.176. The molecule has 0 atom stereocenters. The lowest BCUT2D eigenvalue weighted by molar-refractivity contribution is -0.124. The first-order chi connectivity index (χ1) is 11.5. The normalized spacial score (nSPS) is 10.2. The Balaban J connectivity index is 1.68. The predicted octanol–water partition coefficient (Wildman–Crippen LogP) is 4.06. The molecule has 0 radical (unpaired) electrons. The van der Waals surface area contributed by atoms with Crippen molar-refractivity contribution in [3.63, 3.8) is 0 Å². The monoisotopic (exact) mass is 383 g/mol. The van der Waals surface area contributed by atoms with Gasteiger partial charge >= 0.3 is 5.97 Å². The zero-order chi connectivity index (χ0) is 17.4. The van der Waals surface area contributed by atoms with Gasteiger partial charge < -0.3 is 10.1 Å². The molecule has 0 saturated carbocycles. The summed E-state index contributed by atoms with van der Waals surface area (Å²) in [5, 5.41) is 3.35. The van der Waals surface area contributed by atoms with E-state index in [0.29, 0.717) is 16.6 Å². The summed E-state index contributed by atoms with van der Waals surface area (Å²) in [6, 6.07) is 14.3. The number of halogens is 2. The fourth-order valence-corrected chi connectivity index (χ4v) is 3.13. The van der Waals surface area contributed by atoms with E-state index in [1.807, 2.05) is 30.3 Å². The molecule has 2 aromatic carbocycles. The van der Waals surface area contributed by atoms with E-state index in [0.717, 1.165) is 10.6 Å². The van der Waals surface area contributed by atoms with Crippen LogP contribution in [-0.2, 0) is 9.53 Å². The molecular formula is C17H15Cl2NO3S. The van der Waals surface area contributed by atoms with Crippen LogP contribution in [0.3, 0.4) is 0 Å². The molecule has 0 aliphatic heterocycles. The van der Waals surface area contributed by atoms with Crippen molar-refractivity contribution < 1.29 is 14.3 Å². The molecule has 0 saturated heterocycles. The number of amides is 1. The van der Waals surface area contributed by atoms with Gasteiger partial charge in [0.15, 0.2) is 6.61 Å². The van der Waals surface area contributed by atoms with Crippen LogP contribution in [0.1, 0.15) is 10.4 Å². The molecule has 0 aliphatic carbocycles. The lowest BCUT2D eigenvalue weighted by Crippen LogP contribution is -2.30. The van der Waals surface area contributed by atoms with Crippen LogP contribution in [0.2, 0.25) is 10.0 Å². The van der Waals surface area contributed by atoms with Gasteiger partial charge in [0.25, 0.3) is 5.91 Å². The van der Waals surface area contributed by atoms with Gasteiger partial charge in [-0.25, -0.2) is 4.79 Å². The number of nitrogens with one attached hydrogen (secondary N) is 1. The maximum absolute atomic E-state index is 11.8. The Morgan fingerprint density at radius 2 is 1.71 bits per heavy atom. The van der Waals surface area contributed by atoms with Gasteiger partial charge in [0.1, 0.15) is 0 Å². The van der Waals surface area contributed by atoms with Crippen LogP contribution in [0.5, 0.6) is 0 Å². The topological polar surface area (TPSA) is 55.4 Å². The number of ether oxygens (including phenoxy) is 1. The minimum absolute atomic E-state index is 0.208. The van der Waals surface area contributed by atoms with Crippen molar-refractivity contribution in [1.82, 2.24) is 5.32 Å². The lowest BCUT2D eigenvalue weighted by Gasteiger charge is -2.07. The van der Waals surface area contributed by atoms with Crippen molar-refractivity contribution in [2.24, 2.45) is 0 Å². The molecule has 2 aromatic rings. The highest BCUT2D eigenvalue weighted by Crippen LogP contribution is 2.19. The molecule has 1 N–H and O–H groups in total. The van der Waals surface area contributed by atoms with Crippen LogP contribution >= 0.6 is 35.0 Å². The Labute approximate surface area is 154 Å². The van der Waals surface area contributed by atoms with Crippen molar-refractivity contribution in [2.45, 2.75) is 4.90 Å². The van der Waals surface area contributed by atoms with Gasteiger partial charge in [0.05, 0.1) is 5.56 Å². The molecule has 0 fully saturated rings. The second kappa shape index (κ2) is 9.57. The molecule has 0 aliphatic rings. The summed E-state index contributed by atoms with van der Waals surface area (Å²) in [4.78, 5) is 24.7. The van der Waals surface area contributed by atoms with Crippen molar-refractivity contribution in [1.29, 1.82) is 0 Å². The highest BCUT2D eigenvalue weighted by atomic mass is 35.5. The molecule has 4 nitrogen and oxygen atoms in total. The molecular weight excluding hydrogens is 369 g/mol. The van der Waals surface area contributed by atoms with Crippen LogP contribution in [-0.4, -0.2) is 30.8 Å². The zero-order valence-electron chi connectivity index (χ0n) is 12.6. The van der Waals surface area contributed by atoms with E-state index in [1.54, 1.807) is 11.8 Å². The standard InChI is InChI=1S/C17H15Cl2NO3S/c18-13-8-12(9-14(19)10-13)17(22)23-11-16(21)20-6-7-24-15-4-2-1-3-5-15/h1-5,8-10H,6-7,11H2,(H,20,21). The van der Waals surface area contributed by atoms with Crippen LogP contribution in [0.25, 0.3) is 0 Å². The largest absolute Gasteiger partial charge is 0.452 e. The number of carbonyl (C=O) groups excluding carboxylic acids is 2. The number of rotatable bonds is 7. The van der Waals surface area contributed by atoms with Crippen LogP contribution in [0.15, 0.2) is 53.4 Å². The minimum atomic E-state index is -0.645. The number of esters is 1. The van der Waals surface area contributed by atoms with Gasteiger partial charge in [-0.1, -0.05) is 41.4 Å². The first kappa shape index (κ1) is 18.6. The highest BCUT2D eigenvalue weighted by Gasteiger charge is 2.11. The van der Waals surface area contributed by atoms with E-state index < -0.39 is 5.97 Å². The van der Waals surface area contributed by atoms with Crippen molar-refractivity contribution in [3.05, 3.63) is 64.1 Å². The maximum Gasteiger partial charge on any atom is 0.338 e. The summed E-state index contributed by atoms with van der Waals surface area (Å²) in [6.45, 7) is 0.137. The van der Waals surface area contributed by atoms with Crippen LogP contribution in [0, 0.1) is 0 Å². The van der Waals surface area contributed by atoms with E-state index in [9.17, 15) is 9.59 Å². The molecule has 1 amide bonds. The molecule has 0 spiro atoms. The van der Waals surface area contributed by atoms with E-state index >= 15 is 0 Å². The molecule has 126 valence electrons. The minimum Gasteiger partial charge on any atom is -0.452 e. The Kier molecular flexibility index (Phi) is 7.43. The van der Waals surface area contributed by atoms with Crippen LogP contribution < -0.4 is 5.32 Å². The van der Waals surface area contributed by atoms with Gasteiger partial charge in [-0.05, 0) is 30.3 Å². The Hall–Kier alpha value is -1.69. The van der Waals surface area contributed by atoms with Crippen molar-refractivity contribution in [3.8, 4) is 0 Å². The summed E-state index contributed by atoms with van der Waals surface area (Å²) in [7, 11) is 0. The number of thioether (sulfide) groups is 1. The van der Waals surface area contributed by atoms with Gasteiger partial charge in [-0.15, -0.1) is 11.8 Å². The smallest absolute Gasteiger partial charge is 0.338 e. The molecule has 2 rings (SSSR count). The van der Waals surface area contributed by atoms with Crippen LogP contribution in [0.4, 0.5) is 0 Å². The molecule has 0 aromatic heterocycles. The molecule has 0 bridgehead atoms. The second-order valence-corrected chi connectivity index (χ2v) is 6.79. The first-order valence-electron chi connectivity index (χ1n) is 7.12. The quantitative estimate of drug-likeness (QED) is 0.444. The van der Waals surface area contributed by atoms with Gasteiger partial charge in [-0.3, -0.25) is 4.79 Å². The molecule has 7 heteroatoms. The Morgan fingerprint density at radius 1 is 1.04 bits per heavy atom. The van der Waals surface area contributed by atoms with Gasteiger partial charge in [-0.2, -0.15) is 0 Å². The second-order valence-electron chi connectivity index (χ2n) is 4.75. The highest BCUT2D eigenvalue weighted by molar-refractivity contribution is 7.99. The summed E-state index contributed by atoms with van der Waals surface area (Å²) >= 11 is 13.3. The summed E-state index contributed by atoms with van der Waals surface area (Å²) in [5.41, 5.74) is 0.208. The summed E-state index contributed by atoms with van der Waals surface area (Å²) in [6.07, 6.45) is 0. The van der Waals surface area contributed by atoms with Crippen molar-refractivity contribution in [2.75, 3.05) is 18.9 Å². The molecule has 0 unspecified atom stereocenters. The van der Waals surface area contributed by atoms with E-state index in [1.165, 1.54) is 18.2 Å². The summed E-state index contributed by atoms with van der Waals surface area (Å²) in [5.74, 6) is -0.272. The number of hydrogen-bond acceptors (Lipinski definition) is 4. The zero-order valence-corrected chi connectivity index (χ0v) is 15.0. The molecule has 24 heavy (non-hydrogen) atoms. The number of benzene rings is 2. The predicted molar refractivity (Wildman–Crippen MR) is 96.9 cm³/mol. The van der Waals surface area contributed by atoms with E-state index in [2.05, 4.69) is 5.32 Å². The van der Waals surface area contributed by atoms with E-state index in [-0.39, 0.29) is 18.1 Å². The number of hydrogen-bond donors (Lipinski definition) is 1. The lowest BCUT2D eigenvalue weighted by atomic mass is 10.2. The SMILES string of the molecule is O=C(COC(=O)c1cc(Cl)cc(Cl)c1)NCCSc1ccccc1.